The molecule has 1 aromatic heterocycles. The lowest BCUT2D eigenvalue weighted by Gasteiger charge is -2.25. The second-order valence-electron chi connectivity index (χ2n) is 4.79. The molecule has 0 atom stereocenters. The number of hydrogen-bond donors (Lipinski definition) is 1. The molecule has 2 heterocycles. The summed E-state index contributed by atoms with van der Waals surface area (Å²) in [4.78, 5) is 6.80. The van der Waals surface area contributed by atoms with Crippen molar-refractivity contribution in [2.75, 3.05) is 26.2 Å². The zero-order valence-corrected chi connectivity index (χ0v) is 13.3. The Labute approximate surface area is 136 Å². The topological polar surface area (TPSA) is 54.2 Å². The first-order chi connectivity index (χ1) is 9.40. The third kappa shape index (κ3) is 5.28. The summed E-state index contributed by atoms with van der Waals surface area (Å²) < 4.78 is 5.31. The second-order valence-corrected chi connectivity index (χ2v) is 4.79. The van der Waals surface area contributed by atoms with Gasteiger partial charge in [-0.1, -0.05) is 35.5 Å². The van der Waals surface area contributed by atoms with Gasteiger partial charge in [0.15, 0.2) is 5.82 Å². The van der Waals surface area contributed by atoms with E-state index in [2.05, 4.69) is 32.5 Å². The van der Waals surface area contributed by atoms with Gasteiger partial charge in [0.25, 0.3) is 0 Å². The zero-order valence-electron chi connectivity index (χ0n) is 11.7. The second kappa shape index (κ2) is 9.00. The van der Waals surface area contributed by atoms with Crippen molar-refractivity contribution in [2.24, 2.45) is 0 Å². The van der Waals surface area contributed by atoms with Crippen molar-refractivity contribution in [2.45, 2.75) is 13.0 Å². The zero-order chi connectivity index (χ0) is 12.9. The molecular weight excluding hydrogens is 311 g/mol. The number of aromatic nitrogens is 2. The van der Waals surface area contributed by atoms with Crippen LogP contribution in [0.1, 0.15) is 17.3 Å². The van der Waals surface area contributed by atoms with E-state index in [1.54, 1.807) is 0 Å². The molecule has 1 saturated heterocycles. The van der Waals surface area contributed by atoms with Gasteiger partial charge in [-0.05, 0) is 5.56 Å². The molecule has 2 aromatic rings. The highest BCUT2D eigenvalue weighted by Gasteiger charge is 2.14. The van der Waals surface area contributed by atoms with E-state index in [9.17, 15) is 0 Å². The quantitative estimate of drug-likeness (QED) is 0.928. The summed E-state index contributed by atoms with van der Waals surface area (Å²) in [5, 5.41) is 7.39. The lowest BCUT2D eigenvalue weighted by Crippen LogP contribution is -2.43. The number of piperazine rings is 1. The first-order valence-corrected chi connectivity index (χ1v) is 6.68. The van der Waals surface area contributed by atoms with E-state index in [0.717, 1.165) is 38.5 Å². The average molecular weight is 331 g/mol. The number of nitrogens with zero attached hydrogens (tertiary/aromatic N) is 3. The summed E-state index contributed by atoms with van der Waals surface area (Å²) in [5.74, 6) is 1.48. The summed E-state index contributed by atoms with van der Waals surface area (Å²) in [5.41, 5.74) is 1.19. The Morgan fingerprint density at radius 2 is 1.81 bits per heavy atom. The van der Waals surface area contributed by atoms with Crippen LogP contribution < -0.4 is 5.32 Å². The van der Waals surface area contributed by atoms with Crippen molar-refractivity contribution in [1.29, 1.82) is 0 Å². The van der Waals surface area contributed by atoms with Crippen LogP contribution >= 0.6 is 24.8 Å². The van der Waals surface area contributed by atoms with Crippen LogP contribution in [0.5, 0.6) is 0 Å². The molecule has 21 heavy (non-hydrogen) atoms. The average Bonchev–Trinajstić information content (AvgIpc) is 2.88. The van der Waals surface area contributed by atoms with Crippen LogP contribution in [0, 0.1) is 0 Å². The van der Waals surface area contributed by atoms with Crippen LogP contribution in [0.2, 0.25) is 0 Å². The number of hydrogen-bond acceptors (Lipinski definition) is 5. The third-order valence-electron chi connectivity index (χ3n) is 3.28. The number of halogens is 2. The van der Waals surface area contributed by atoms with Crippen LogP contribution in [0.4, 0.5) is 0 Å². The van der Waals surface area contributed by atoms with Crippen LogP contribution in [-0.4, -0.2) is 41.2 Å². The molecule has 0 saturated carbocycles. The van der Waals surface area contributed by atoms with Crippen molar-refractivity contribution >= 4 is 24.8 Å². The Hall–Kier alpha value is -1.14. The normalized spacial score (nSPS) is 15.0. The van der Waals surface area contributed by atoms with Gasteiger partial charge in [-0.15, -0.1) is 24.8 Å². The van der Waals surface area contributed by atoms with E-state index in [0.29, 0.717) is 12.3 Å². The van der Waals surface area contributed by atoms with Gasteiger partial charge in [0, 0.05) is 26.2 Å². The highest BCUT2D eigenvalue weighted by Crippen LogP contribution is 2.08. The van der Waals surface area contributed by atoms with Crippen molar-refractivity contribution in [3.63, 3.8) is 0 Å². The molecule has 0 amide bonds. The highest BCUT2D eigenvalue weighted by atomic mass is 35.5. The van der Waals surface area contributed by atoms with E-state index in [1.807, 2.05) is 18.2 Å². The predicted molar refractivity (Wildman–Crippen MR) is 86.2 cm³/mol. The Morgan fingerprint density at radius 3 is 2.52 bits per heavy atom. The fourth-order valence-electron chi connectivity index (χ4n) is 2.27. The first-order valence-electron chi connectivity index (χ1n) is 6.68. The van der Waals surface area contributed by atoms with Gasteiger partial charge in [-0.2, -0.15) is 4.98 Å². The van der Waals surface area contributed by atoms with Crippen LogP contribution in [0.25, 0.3) is 0 Å². The monoisotopic (exact) mass is 330 g/mol. The molecule has 0 aliphatic carbocycles. The SMILES string of the molecule is Cl.Cl.c1ccc(Cc2nc(CN3CCNCC3)no2)cc1. The van der Waals surface area contributed by atoms with Gasteiger partial charge >= 0.3 is 0 Å². The number of benzene rings is 1. The van der Waals surface area contributed by atoms with Gasteiger partial charge in [0.05, 0.1) is 13.0 Å². The number of rotatable bonds is 4. The van der Waals surface area contributed by atoms with Gasteiger partial charge in [-0.3, -0.25) is 4.90 Å². The van der Waals surface area contributed by atoms with Gasteiger partial charge in [-0.25, -0.2) is 0 Å². The summed E-state index contributed by atoms with van der Waals surface area (Å²) in [6.07, 6.45) is 0.704. The molecule has 5 nitrogen and oxygen atoms in total. The molecule has 1 aromatic carbocycles. The molecule has 116 valence electrons. The molecule has 0 unspecified atom stereocenters. The fraction of sp³-hybridized carbons (Fsp3) is 0.429. The molecule has 0 radical (unpaired) electrons. The van der Waals surface area contributed by atoms with E-state index in [4.69, 9.17) is 4.52 Å². The maximum atomic E-state index is 5.31. The molecule has 1 fully saturated rings. The number of nitrogens with one attached hydrogen (secondary N) is 1. The largest absolute Gasteiger partial charge is 0.339 e. The van der Waals surface area contributed by atoms with Crippen molar-refractivity contribution in [3.8, 4) is 0 Å². The highest BCUT2D eigenvalue weighted by molar-refractivity contribution is 5.85. The van der Waals surface area contributed by atoms with Crippen LogP contribution in [0.3, 0.4) is 0 Å². The van der Waals surface area contributed by atoms with E-state index >= 15 is 0 Å². The van der Waals surface area contributed by atoms with E-state index in [1.165, 1.54) is 5.56 Å². The van der Waals surface area contributed by atoms with Crippen LogP contribution in [-0.2, 0) is 13.0 Å². The molecule has 7 heteroatoms. The van der Waals surface area contributed by atoms with Crippen molar-refractivity contribution in [3.05, 3.63) is 47.6 Å². The van der Waals surface area contributed by atoms with Gasteiger partial charge < -0.3 is 9.84 Å². The lowest BCUT2D eigenvalue weighted by atomic mass is 10.1. The maximum Gasteiger partial charge on any atom is 0.231 e. The fourth-order valence-corrected chi connectivity index (χ4v) is 2.27. The van der Waals surface area contributed by atoms with Gasteiger partial charge in [0.1, 0.15) is 0 Å². The first kappa shape index (κ1) is 17.9. The Bertz CT molecular complexity index is 515. The molecule has 1 N–H and O–H groups in total. The molecular formula is C14H20Cl2N4O. The summed E-state index contributed by atoms with van der Waals surface area (Å²) in [6, 6.07) is 10.2. The minimum absolute atomic E-state index is 0. The van der Waals surface area contributed by atoms with Crippen molar-refractivity contribution < 1.29 is 4.52 Å². The third-order valence-corrected chi connectivity index (χ3v) is 3.28. The Kier molecular flexibility index (Phi) is 7.67. The maximum absolute atomic E-state index is 5.31. The lowest BCUT2D eigenvalue weighted by molar-refractivity contribution is 0.224. The molecule has 0 spiro atoms. The summed E-state index contributed by atoms with van der Waals surface area (Å²) in [6.45, 7) is 4.94. The summed E-state index contributed by atoms with van der Waals surface area (Å²) >= 11 is 0. The van der Waals surface area contributed by atoms with E-state index < -0.39 is 0 Å². The Morgan fingerprint density at radius 1 is 1.10 bits per heavy atom. The minimum Gasteiger partial charge on any atom is -0.339 e. The van der Waals surface area contributed by atoms with Crippen LogP contribution in [0.15, 0.2) is 34.9 Å². The van der Waals surface area contributed by atoms with E-state index in [-0.39, 0.29) is 24.8 Å². The minimum atomic E-state index is 0. The van der Waals surface area contributed by atoms with Crippen molar-refractivity contribution in [1.82, 2.24) is 20.4 Å². The molecule has 1 aliphatic heterocycles. The Balaban J connectivity index is 0.00000110. The smallest absolute Gasteiger partial charge is 0.231 e. The standard InChI is InChI=1S/C14H18N4O.2ClH/c1-2-4-12(5-3-1)10-14-16-13(17-19-14)11-18-8-6-15-7-9-18;;/h1-5,15H,6-11H2;2*1H. The molecule has 3 rings (SSSR count). The predicted octanol–water partition coefficient (Wildman–Crippen LogP) is 1.91. The summed E-state index contributed by atoms with van der Waals surface area (Å²) in [7, 11) is 0. The van der Waals surface area contributed by atoms with Gasteiger partial charge in [0.2, 0.25) is 5.89 Å². The molecule has 0 bridgehead atoms. The molecule has 1 aliphatic rings.